The highest BCUT2D eigenvalue weighted by atomic mass is 32.2. The van der Waals surface area contributed by atoms with Crippen molar-refractivity contribution in [2.45, 2.75) is 4.90 Å². The third kappa shape index (κ3) is 4.03. The molecule has 1 rings (SSSR count). The van der Waals surface area contributed by atoms with E-state index in [1.165, 1.54) is 0 Å². The standard InChI is InChI=1S/C9H10N4O5S/c10-9(11)12-8(14)5-19(17,18)7-3-1-6(2-4-7)13(15)16/h1-4H,5H2,(H4,10,11,12,14). The van der Waals surface area contributed by atoms with Gasteiger partial charge in [-0.2, -0.15) is 4.99 Å². The number of hydrogen-bond acceptors (Lipinski definition) is 5. The topological polar surface area (TPSA) is 159 Å². The molecule has 4 N–H and O–H groups in total. The SMILES string of the molecule is NC(N)=NC(=O)CS(=O)(=O)c1ccc([N+](=O)[O-])cc1. The molecule has 0 fully saturated rings. The number of hydrogen-bond donors (Lipinski definition) is 2. The second-order valence-corrected chi connectivity index (χ2v) is 5.43. The molecule has 1 aromatic carbocycles. The second kappa shape index (κ2) is 5.44. The number of nitro groups is 1. The molecule has 19 heavy (non-hydrogen) atoms. The summed E-state index contributed by atoms with van der Waals surface area (Å²) in [5.41, 5.74) is 9.63. The molecule has 0 aliphatic rings. The summed E-state index contributed by atoms with van der Waals surface area (Å²) in [6.45, 7) is 0. The number of rotatable bonds is 4. The quantitative estimate of drug-likeness (QED) is 0.316. The molecule has 102 valence electrons. The van der Waals surface area contributed by atoms with E-state index < -0.39 is 32.4 Å². The summed E-state index contributed by atoms with van der Waals surface area (Å²) in [7, 11) is -3.94. The third-order valence-electron chi connectivity index (χ3n) is 1.97. The largest absolute Gasteiger partial charge is 0.370 e. The molecule has 1 aromatic rings. The van der Waals surface area contributed by atoms with Crippen LogP contribution < -0.4 is 11.5 Å². The van der Waals surface area contributed by atoms with Gasteiger partial charge in [-0.3, -0.25) is 14.9 Å². The number of amides is 1. The zero-order valence-corrected chi connectivity index (χ0v) is 10.3. The van der Waals surface area contributed by atoms with Crippen LogP contribution in [0.5, 0.6) is 0 Å². The lowest BCUT2D eigenvalue weighted by Crippen LogP contribution is -2.26. The van der Waals surface area contributed by atoms with Gasteiger partial charge in [-0.1, -0.05) is 0 Å². The van der Waals surface area contributed by atoms with Crippen molar-refractivity contribution >= 4 is 27.4 Å². The molecule has 0 saturated heterocycles. The first kappa shape index (κ1) is 14.6. The molecule has 0 aliphatic carbocycles. The molecule has 0 radical (unpaired) electrons. The van der Waals surface area contributed by atoms with Gasteiger partial charge in [0.1, 0.15) is 5.75 Å². The fourth-order valence-electron chi connectivity index (χ4n) is 1.20. The van der Waals surface area contributed by atoms with Crippen LogP contribution in [0.3, 0.4) is 0 Å². The minimum Gasteiger partial charge on any atom is -0.370 e. The summed E-state index contributed by atoms with van der Waals surface area (Å²) in [4.78, 5) is 23.8. The van der Waals surface area contributed by atoms with Gasteiger partial charge in [-0.25, -0.2) is 8.42 Å². The summed E-state index contributed by atoms with van der Waals surface area (Å²) in [5.74, 6) is -2.47. The van der Waals surface area contributed by atoms with Crippen LogP contribution in [-0.4, -0.2) is 31.0 Å². The molecule has 9 nitrogen and oxygen atoms in total. The minimum absolute atomic E-state index is 0.225. The van der Waals surface area contributed by atoms with Crippen LogP contribution >= 0.6 is 0 Å². The lowest BCUT2D eigenvalue weighted by molar-refractivity contribution is -0.384. The number of nitrogens with two attached hydrogens (primary N) is 2. The van der Waals surface area contributed by atoms with Gasteiger partial charge >= 0.3 is 0 Å². The minimum atomic E-state index is -3.94. The van der Waals surface area contributed by atoms with Gasteiger partial charge in [0.25, 0.3) is 11.6 Å². The number of carbonyl (C=O) groups excluding carboxylic acids is 1. The van der Waals surface area contributed by atoms with Crippen molar-refractivity contribution in [3.05, 3.63) is 34.4 Å². The van der Waals surface area contributed by atoms with E-state index in [-0.39, 0.29) is 10.6 Å². The second-order valence-electron chi connectivity index (χ2n) is 3.44. The van der Waals surface area contributed by atoms with E-state index in [0.717, 1.165) is 24.3 Å². The van der Waals surface area contributed by atoms with E-state index in [9.17, 15) is 23.3 Å². The number of sulfone groups is 1. The highest BCUT2D eigenvalue weighted by Crippen LogP contribution is 2.17. The third-order valence-corrected chi connectivity index (χ3v) is 3.59. The molecule has 0 aromatic heterocycles. The van der Waals surface area contributed by atoms with Crippen molar-refractivity contribution < 1.29 is 18.1 Å². The summed E-state index contributed by atoms with van der Waals surface area (Å²) in [6.07, 6.45) is 0. The molecular weight excluding hydrogens is 276 g/mol. The first-order chi connectivity index (χ1) is 8.72. The summed E-state index contributed by atoms with van der Waals surface area (Å²) >= 11 is 0. The monoisotopic (exact) mass is 286 g/mol. The Morgan fingerprint density at radius 1 is 1.26 bits per heavy atom. The van der Waals surface area contributed by atoms with E-state index in [1.807, 2.05) is 0 Å². The normalized spacial score (nSPS) is 10.7. The van der Waals surface area contributed by atoms with E-state index in [4.69, 9.17) is 11.5 Å². The van der Waals surface area contributed by atoms with Crippen molar-refractivity contribution in [3.63, 3.8) is 0 Å². The zero-order chi connectivity index (χ0) is 14.6. The highest BCUT2D eigenvalue weighted by molar-refractivity contribution is 7.92. The Labute approximate surface area is 108 Å². The molecule has 0 heterocycles. The van der Waals surface area contributed by atoms with Gasteiger partial charge in [0.2, 0.25) is 0 Å². The molecule has 0 spiro atoms. The maximum atomic E-state index is 11.8. The van der Waals surface area contributed by atoms with Crippen LogP contribution in [0.4, 0.5) is 5.69 Å². The molecular formula is C9H10N4O5S. The predicted octanol–water partition coefficient (Wildman–Crippen LogP) is -0.831. The Morgan fingerprint density at radius 2 is 1.79 bits per heavy atom. The van der Waals surface area contributed by atoms with Crippen LogP contribution in [-0.2, 0) is 14.6 Å². The van der Waals surface area contributed by atoms with Gasteiger partial charge in [-0.05, 0) is 12.1 Å². The number of nitrogens with zero attached hydrogens (tertiary/aromatic N) is 2. The molecule has 0 saturated carbocycles. The summed E-state index contributed by atoms with van der Waals surface area (Å²) in [5, 5.41) is 10.4. The van der Waals surface area contributed by atoms with Crippen LogP contribution in [0.25, 0.3) is 0 Å². The first-order valence-electron chi connectivity index (χ1n) is 4.82. The number of guanidine groups is 1. The van der Waals surface area contributed by atoms with Crippen LogP contribution in [0.1, 0.15) is 0 Å². The van der Waals surface area contributed by atoms with Crippen LogP contribution in [0, 0.1) is 10.1 Å². The first-order valence-corrected chi connectivity index (χ1v) is 6.47. The number of carbonyl (C=O) groups is 1. The van der Waals surface area contributed by atoms with Gasteiger partial charge < -0.3 is 11.5 Å². The van der Waals surface area contributed by atoms with Crippen molar-refractivity contribution in [1.29, 1.82) is 0 Å². The highest BCUT2D eigenvalue weighted by Gasteiger charge is 2.20. The van der Waals surface area contributed by atoms with E-state index in [2.05, 4.69) is 4.99 Å². The van der Waals surface area contributed by atoms with Gasteiger partial charge in [0.05, 0.1) is 9.82 Å². The van der Waals surface area contributed by atoms with Gasteiger partial charge in [-0.15, -0.1) is 0 Å². The van der Waals surface area contributed by atoms with Crippen LogP contribution in [0.15, 0.2) is 34.2 Å². The smallest absolute Gasteiger partial charge is 0.269 e. The molecule has 0 unspecified atom stereocenters. The number of nitro benzene ring substituents is 1. The Morgan fingerprint density at radius 3 is 2.21 bits per heavy atom. The maximum absolute atomic E-state index is 11.8. The van der Waals surface area contributed by atoms with Gasteiger partial charge in [0, 0.05) is 12.1 Å². The van der Waals surface area contributed by atoms with E-state index in [0.29, 0.717) is 0 Å². The Hall–Kier alpha value is -2.49. The van der Waals surface area contributed by atoms with E-state index >= 15 is 0 Å². The fourth-order valence-corrected chi connectivity index (χ4v) is 2.30. The molecule has 0 atom stereocenters. The lowest BCUT2D eigenvalue weighted by atomic mass is 10.3. The van der Waals surface area contributed by atoms with Crippen LogP contribution in [0.2, 0.25) is 0 Å². The van der Waals surface area contributed by atoms with Crippen molar-refractivity contribution in [2.24, 2.45) is 16.5 Å². The summed E-state index contributed by atoms with van der Waals surface area (Å²) in [6, 6.07) is 4.13. The fraction of sp³-hybridized carbons (Fsp3) is 0.111. The zero-order valence-electron chi connectivity index (χ0n) is 9.52. The van der Waals surface area contributed by atoms with Gasteiger partial charge in [0.15, 0.2) is 15.8 Å². The Kier molecular flexibility index (Phi) is 4.17. The van der Waals surface area contributed by atoms with E-state index in [1.54, 1.807) is 0 Å². The number of non-ortho nitro benzene ring substituents is 1. The molecule has 10 heteroatoms. The van der Waals surface area contributed by atoms with Crippen molar-refractivity contribution in [2.75, 3.05) is 5.75 Å². The van der Waals surface area contributed by atoms with Crippen molar-refractivity contribution in [3.8, 4) is 0 Å². The van der Waals surface area contributed by atoms with Crippen molar-refractivity contribution in [1.82, 2.24) is 0 Å². The number of aliphatic imine (C=N–C) groups is 1. The molecule has 1 amide bonds. The predicted molar refractivity (Wildman–Crippen MR) is 66.0 cm³/mol. The average Bonchev–Trinajstić information content (AvgIpc) is 2.27. The lowest BCUT2D eigenvalue weighted by Gasteiger charge is -2.01. The molecule has 0 bridgehead atoms. The number of benzene rings is 1. The average molecular weight is 286 g/mol. The Bertz CT molecular complexity index is 631. The maximum Gasteiger partial charge on any atom is 0.269 e. The summed E-state index contributed by atoms with van der Waals surface area (Å²) < 4.78 is 23.5. The molecule has 0 aliphatic heterocycles. The Balaban J connectivity index is 2.98.